The van der Waals surface area contributed by atoms with E-state index in [9.17, 15) is 9.18 Å². The number of hydrogen-bond donors (Lipinski definition) is 2. The highest BCUT2D eigenvalue weighted by Crippen LogP contribution is 2.21. The zero-order chi connectivity index (χ0) is 15.4. The van der Waals surface area contributed by atoms with Gasteiger partial charge in [0, 0.05) is 24.8 Å². The van der Waals surface area contributed by atoms with Crippen LogP contribution in [0.3, 0.4) is 0 Å². The first-order valence-electron chi connectivity index (χ1n) is 6.52. The highest BCUT2D eigenvalue weighted by Gasteiger charge is 2.10. The van der Waals surface area contributed by atoms with Crippen LogP contribution in [-0.2, 0) is 6.54 Å². The Balaban J connectivity index is 2.16. The highest BCUT2D eigenvalue weighted by atomic mass is 35.5. The molecule has 0 atom stereocenters. The van der Waals surface area contributed by atoms with Crippen LogP contribution in [0, 0.1) is 12.7 Å². The Labute approximate surface area is 128 Å². The van der Waals surface area contributed by atoms with E-state index < -0.39 is 5.82 Å². The summed E-state index contributed by atoms with van der Waals surface area (Å²) < 4.78 is 13.4. The van der Waals surface area contributed by atoms with E-state index >= 15 is 0 Å². The van der Waals surface area contributed by atoms with Gasteiger partial charge in [-0.3, -0.25) is 4.79 Å². The van der Waals surface area contributed by atoms with Crippen LogP contribution in [0.25, 0.3) is 0 Å². The Morgan fingerprint density at radius 2 is 2.05 bits per heavy atom. The molecule has 0 fully saturated rings. The summed E-state index contributed by atoms with van der Waals surface area (Å²) >= 11 is 5.65. The predicted molar refractivity (Wildman–Crippen MR) is 83.3 cm³/mol. The van der Waals surface area contributed by atoms with Crippen molar-refractivity contribution in [3.63, 3.8) is 0 Å². The van der Waals surface area contributed by atoms with Crippen LogP contribution >= 0.6 is 11.6 Å². The van der Waals surface area contributed by atoms with Crippen LogP contribution in [0.5, 0.6) is 0 Å². The van der Waals surface area contributed by atoms with Gasteiger partial charge >= 0.3 is 0 Å². The number of carbonyl (C=O) groups is 1. The van der Waals surface area contributed by atoms with Crippen molar-refractivity contribution in [3.8, 4) is 0 Å². The second kappa shape index (κ2) is 6.59. The maximum atomic E-state index is 13.4. The topological polar surface area (TPSA) is 41.1 Å². The van der Waals surface area contributed by atoms with Crippen molar-refractivity contribution in [1.82, 2.24) is 5.32 Å². The Morgan fingerprint density at radius 3 is 2.71 bits per heavy atom. The molecule has 2 N–H and O–H groups in total. The van der Waals surface area contributed by atoms with Gasteiger partial charge in [-0.25, -0.2) is 4.39 Å². The summed E-state index contributed by atoms with van der Waals surface area (Å²) in [6, 6.07) is 10.1. The molecule has 2 aromatic rings. The van der Waals surface area contributed by atoms with Crippen molar-refractivity contribution in [2.75, 3.05) is 12.4 Å². The quantitative estimate of drug-likeness (QED) is 0.903. The average molecular weight is 307 g/mol. The number of benzene rings is 2. The fourth-order valence-electron chi connectivity index (χ4n) is 2.05. The van der Waals surface area contributed by atoms with Crippen LogP contribution in [0.1, 0.15) is 21.5 Å². The zero-order valence-electron chi connectivity index (χ0n) is 11.8. The number of carbonyl (C=O) groups excluding carboxylic acids is 1. The van der Waals surface area contributed by atoms with Gasteiger partial charge in [0.15, 0.2) is 0 Å². The Kier molecular flexibility index (Phi) is 4.81. The fourth-order valence-corrected chi connectivity index (χ4v) is 2.17. The molecule has 0 saturated heterocycles. The van der Waals surface area contributed by atoms with Crippen LogP contribution in [0.15, 0.2) is 36.4 Å². The lowest BCUT2D eigenvalue weighted by atomic mass is 10.1. The third-order valence-corrected chi connectivity index (χ3v) is 3.58. The Bertz CT molecular complexity index is 673. The maximum absolute atomic E-state index is 13.4. The molecule has 2 rings (SSSR count). The smallest absolute Gasteiger partial charge is 0.251 e. The van der Waals surface area contributed by atoms with Crippen LogP contribution < -0.4 is 10.6 Å². The van der Waals surface area contributed by atoms with Gasteiger partial charge in [0.25, 0.3) is 5.91 Å². The van der Waals surface area contributed by atoms with Gasteiger partial charge in [-0.2, -0.15) is 0 Å². The summed E-state index contributed by atoms with van der Waals surface area (Å²) in [5.41, 5.74) is 3.09. The minimum Gasteiger partial charge on any atom is -0.381 e. The summed E-state index contributed by atoms with van der Waals surface area (Å²) in [6.45, 7) is 2.32. The van der Waals surface area contributed by atoms with E-state index in [1.807, 2.05) is 19.1 Å². The number of nitrogens with one attached hydrogen (secondary N) is 2. The van der Waals surface area contributed by atoms with Gasteiger partial charge in [-0.1, -0.05) is 23.7 Å². The van der Waals surface area contributed by atoms with E-state index in [1.165, 1.54) is 12.1 Å². The molecule has 0 aromatic heterocycles. The summed E-state index contributed by atoms with van der Waals surface area (Å²) in [4.78, 5) is 11.7. The van der Waals surface area contributed by atoms with E-state index in [0.717, 1.165) is 16.8 Å². The first kappa shape index (κ1) is 15.3. The van der Waals surface area contributed by atoms with Gasteiger partial charge in [0.1, 0.15) is 5.82 Å². The number of rotatable bonds is 4. The predicted octanol–water partition coefficient (Wildman–Crippen LogP) is 3.76. The SMILES string of the molecule is CNC(=O)c1cccc(NCc2ccc(Cl)c(F)c2)c1C. The van der Waals surface area contributed by atoms with Gasteiger partial charge < -0.3 is 10.6 Å². The van der Waals surface area contributed by atoms with Crippen molar-refractivity contribution in [2.45, 2.75) is 13.5 Å². The van der Waals surface area contributed by atoms with Crippen LogP contribution in [-0.4, -0.2) is 13.0 Å². The largest absolute Gasteiger partial charge is 0.381 e. The molecule has 0 spiro atoms. The van der Waals surface area contributed by atoms with Gasteiger partial charge in [0.05, 0.1) is 5.02 Å². The molecule has 1 amide bonds. The van der Waals surface area contributed by atoms with Crippen LogP contribution in [0.2, 0.25) is 5.02 Å². The third-order valence-electron chi connectivity index (χ3n) is 3.27. The third kappa shape index (κ3) is 3.52. The molecule has 0 aliphatic carbocycles. The first-order chi connectivity index (χ1) is 10.0. The second-order valence-electron chi connectivity index (χ2n) is 4.66. The summed E-state index contributed by atoms with van der Waals surface area (Å²) in [5, 5.41) is 5.92. The van der Waals surface area contributed by atoms with Crippen molar-refractivity contribution in [3.05, 3.63) is 63.9 Å². The Morgan fingerprint density at radius 1 is 1.29 bits per heavy atom. The normalized spacial score (nSPS) is 10.3. The zero-order valence-corrected chi connectivity index (χ0v) is 12.6. The molecular weight excluding hydrogens is 291 g/mol. The molecule has 0 aliphatic rings. The lowest BCUT2D eigenvalue weighted by Gasteiger charge is -2.13. The minimum atomic E-state index is -0.438. The second-order valence-corrected chi connectivity index (χ2v) is 5.07. The molecule has 0 saturated carbocycles. The molecule has 0 heterocycles. The van der Waals surface area contributed by atoms with Gasteiger partial charge in [-0.15, -0.1) is 0 Å². The first-order valence-corrected chi connectivity index (χ1v) is 6.90. The molecule has 2 aromatic carbocycles. The fraction of sp³-hybridized carbons (Fsp3) is 0.188. The van der Waals surface area contributed by atoms with Gasteiger partial charge in [0.2, 0.25) is 0 Å². The molecule has 3 nitrogen and oxygen atoms in total. The van der Waals surface area contributed by atoms with Crippen molar-refractivity contribution >= 4 is 23.2 Å². The standard InChI is InChI=1S/C16H16ClFN2O/c1-10-12(16(21)19-2)4-3-5-15(10)20-9-11-6-7-13(17)14(18)8-11/h3-8,20H,9H2,1-2H3,(H,19,21). The molecule has 0 aliphatic heterocycles. The van der Waals surface area contributed by atoms with Crippen molar-refractivity contribution in [1.29, 1.82) is 0 Å². The van der Waals surface area contributed by atoms with E-state index in [0.29, 0.717) is 12.1 Å². The van der Waals surface area contributed by atoms with E-state index in [2.05, 4.69) is 10.6 Å². The number of halogens is 2. The number of amides is 1. The maximum Gasteiger partial charge on any atom is 0.251 e. The monoisotopic (exact) mass is 306 g/mol. The summed E-state index contributed by atoms with van der Waals surface area (Å²) in [7, 11) is 1.60. The van der Waals surface area contributed by atoms with E-state index in [1.54, 1.807) is 19.2 Å². The summed E-state index contributed by atoms with van der Waals surface area (Å²) in [6.07, 6.45) is 0. The van der Waals surface area contributed by atoms with E-state index in [4.69, 9.17) is 11.6 Å². The van der Waals surface area contributed by atoms with Crippen LogP contribution in [0.4, 0.5) is 10.1 Å². The van der Waals surface area contributed by atoms with Gasteiger partial charge in [-0.05, 0) is 42.3 Å². The Hall–Kier alpha value is -2.07. The average Bonchev–Trinajstić information content (AvgIpc) is 2.49. The molecule has 21 heavy (non-hydrogen) atoms. The molecule has 0 radical (unpaired) electrons. The lowest BCUT2D eigenvalue weighted by Crippen LogP contribution is -2.19. The molecule has 5 heteroatoms. The van der Waals surface area contributed by atoms with Crippen molar-refractivity contribution in [2.24, 2.45) is 0 Å². The molecular formula is C16H16ClFN2O. The number of hydrogen-bond acceptors (Lipinski definition) is 2. The summed E-state index contributed by atoms with van der Waals surface area (Å²) in [5.74, 6) is -0.569. The molecule has 110 valence electrons. The van der Waals surface area contributed by atoms with Crippen molar-refractivity contribution < 1.29 is 9.18 Å². The number of anilines is 1. The minimum absolute atomic E-state index is 0.108. The lowest BCUT2D eigenvalue weighted by molar-refractivity contribution is 0.0962. The molecule has 0 unspecified atom stereocenters. The molecule has 0 bridgehead atoms. The van der Waals surface area contributed by atoms with E-state index in [-0.39, 0.29) is 10.9 Å². The highest BCUT2D eigenvalue weighted by molar-refractivity contribution is 6.30.